The molecule has 1 saturated heterocycles. The third-order valence-corrected chi connectivity index (χ3v) is 4.84. The Hall–Kier alpha value is -2.04. The summed E-state index contributed by atoms with van der Waals surface area (Å²) in [5, 5.41) is 6.64. The van der Waals surface area contributed by atoms with E-state index in [9.17, 15) is 0 Å². The van der Waals surface area contributed by atoms with Gasteiger partial charge in [-0.15, -0.1) is 24.0 Å². The van der Waals surface area contributed by atoms with Crippen molar-refractivity contribution in [3.63, 3.8) is 0 Å². The van der Waals surface area contributed by atoms with Gasteiger partial charge in [0, 0.05) is 26.3 Å². The molecular formula is C24H34IN3O4. The maximum absolute atomic E-state index is 5.93. The highest BCUT2D eigenvalue weighted by Gasteiger charge is 2.15. The summed E-state index contributed by atoms with van der Waals surface area (Å²) in [6.45, 7) is 6.53. The maximum atomic E-state index is 5.93. The zero-order valence-electron chi connectivity index (χ0n) is 18.8. The van der Waals surface area contributed by atoms with Crippen LogP contribution in [0.3, 0.4) is 0 Å². The molecule has 0 aliphatic carbocycles. The van der Waals surface area contributed by atoms with Gasteiger partial charge in [-0.2, -0.15) is 0 Å². The van der Waals surface area contributed by atoms with Crippen molar-refractivity contribution in [3.05, 3.63) is 54.1 Å². The lowest BCUT2D eigenvalue weighted by Crippen LogP contribution is -2.38. The van der Waals surface area contributed by atoms with Crippen LogP contribution >= 0.6 is 24.0 Å². The number of hydrogen-bond acceptors (Lipinski definition) is 5. The summed E-state index contributed by atoms with van der Waals surface area (Å²) in [7, 11) is 1.64. The van der Waals surface area contributed by atoms with Crippen LogP contribution in [0, 0.1) is 0 Å². The average Bonchev–Trinajstić information content (AvgIpc) is 3.32. The van der Waals surface area contributed by atoms with E-state index in [1.54, 1.807) is 7.11 Å². The van der Waals surface area contributed by atoms with Gasteiger partial charge in [-0.25, -0.2) is 4.99 Å². The van der Waals surface area contributed by atoms with E-state index < -0.39 is 0 Å². The molecule has 0 saturated carbocycles. The SMILES string of the molecule is CCNC(=NCc1ccc(Oc2ccccc2OC)cc1)NCCCOC1CCOC1.I. The molecular weight excluding hydrogens is 521 g/mol. The van der Waals surface area contributed by atoms with Gasteiger partial charge >= 0.3 is 0 Å². The molecule has 32 heavy (non-hydrogen) atoms. The highest BCUT2D eigenvalue weighted by Crippen LogP contribution is 2.30. The molecule has 2 N–H and O–H groups in total. The molecule has 0 bridgehead atoms. The number of ether oxygens (including phenoxy) is 4. The monoisotopic (exact) mass is 555 g/mol. The first kappa shape index (κ1) is 26.2. The molecule has 7 nitrogen and oxygen atoms in total. The van der Waals surface area contributed by atoms with E-state index in [1.165, 1.54) is 0 Å². The molecule has 0 spiro atoms. The minimum Gasteiger partial charge on any atom is -0.493 e. The largest absolute Gasteiger partial charge is 0.493 e. The zero-order valence-corrected chi connectivity index (χ0v) is 21.2. The fraction of sp³-hybridized carbons (Fsp3) is 0.458. The van der Waals surface area contributed by atoms with Gasteiger partial charge < -0.3 is 29.6 Å². The van der Waals surface area contributed by atoms with Crippen molar-refractivity contribution in [1.29, 1.82) is 0 Å². The Bertz CT molecular complexity index is 811. The van der Waals surface area contributed by atoms with Crippen LogP contribution in [0.1, 0.15) is 25.3 Å². The minimum absolute atomic E-state index is 0. The fourth-order valence-electron chi connectivity index (χ4n) is 3.18. The van der Waals surface area contributed by atoms with Gasteiger partial charge in [-0.3, -0.25) is 0 Å². The quantitative estimate of drug-likeness (QED) is 0.186. The van der Waals surface area contributed by atoms with Gasteiger partial charge in [-0.1, -0.05) is 24.3 Å². The highest BCUT2D eigenvalue weighted by molar-refractivity contribution is 14.0. The van der Waals surface area contributed by atoms with Crippen LogP contribution in [0.15, 0.2) is 53.5 Å². The Kier molecular flexibility index (Phi) is 12.2. The van der Waals surface area contributed by atoms with Crippen LogP contribution in [-0.4, -0.2) is 52.1 Å². The van der Waals surface area contributed by atoms with Gasteiger partial charge in [-0.05, 0) is 49.6 Å². The Labute approximate surface area is 207 Å². The van der Waals surface area contributed by atoms with Crippen molar-refractivity contribution in [1.82, 2.24) is 10.6 Å². The first-order valence-electron chi connectivity index (χ1n) is 10.9. The number of nitrogens with one attached hydrogen (secondary N) is 2. The van der Waals surface area contributed by atoms with E-state index in [0.29, 0.717) is 18.0 Å². The second-order valence-corrected chi connectivity index (χ2v) is 7.23. The predicted molar refractivity (Wildman–Crippen MR) is 138 cm³/mol. The molecule has 0 amide bonds. The number of aliphatic imine (C=N–C) groups is 1. The third-order valence-electron chi connectivity index (χ3n) is 4.84. The second-order valence-electron chi connectivity index (χ2n) is 7.23. The molecule has 1 aliphatic rings. The number of benzene rings is 2. The van der Waals surface area contributed by atoms with E-state index in [1.807, 2.05) is 48.5 Å². The lowest BCUT2D eigenvalue weighted by molar-refractivity contribution is 0.0420. The molecule has 0 radical (unpaired) electrons. The van der Waals surface area contributed by atoms with Crippen molar-refractivity contribution in [2.24, 2.45) is 4.99 Å². The Morgan fingerprint density at radius 1 is 1.09 bits per heavy atom. The molecule has 0 aromatic heterocycles. The number of nitrogens with zero attached hydrogens (tertiary/aromatic N) is 1. The van der Waals surface area contributed by atoms with Crippen LogP contribution in [0.5, 0.6) is 17.2 Å². The standard InChI is InChI=1S/C24H33N3O4.HI/c1-3-25-24(26-14-6-15-30-21-13-16-29-18-21)27-17-19-9-11-20(12-10-19)31-23-8-5-4-7-22(23)28-2;/h4-5,7-12,21H,3,6,13-18H2,1-2H3,(H2,25,26,27);1H. The Balaban J connectivity index is 0.00000363. The lowest BCUT2D eigenvalue weighted by atomic mass is 10.2. The van der Waals surface area contributed by atoms with Crippen molar-refractivity contribution in [2.75, 3.05) is 40.0 Å². The van der Waals surface area contributed by atoms with Gasteiger partial charge in [0.1, 0.15) is 5.75 Å². The van der Waals surface area contributed by atoms with Crippen LogP contribution in [0.2, 0.25) is 0 Å². The van der Waals surface area contributed by atoms with E-state index in [2.05, 4.69) is 22.5 Å². The van der Waals surface area contributed by atoms with Gasteiger partial charge in [0.2, 0.25) is 0 Å². The van der Waals surface area contributed by atoms with E-state index in [-0.39, 0.29) is 30.1 Å². The van der Waals surface area contributed by atoms with Crippen LogP contribution < -0.4 is 20.1 Å². The topological polar surface area (TPSA) is 73.3 Å². The number of guanidine groups is 1. The molecule has 1 aliphatic heterocycles. The number of para-hydroxylation sites is 2. The van der Waals surface area contributed by atoms with Gasteiger partial charge in [0.15, 0.2) is 17.5 Å². The predicted octanol–water partition coefficient (Wildman–Crippen LogP) is 4.36. The summed E-state index contributed by atoms with van der Waals surface area (Å²) >= 11 is 0. The summed E-state index contributed by atoms with van der Waals surface area (Å²) < 4.78 is 22.4. The lowest BCUT2D eigenvalue weighted by Gasteiger charge is -2.13. The van der Waals surface area contributed by atoms with Crippen LogP contribution in [0.4, 0.5) is 0 Å². The normalized spacial score (nSPS) is 15.7. The molecule has 2 aromatic carbocycles. The molecule has 1 unspecified atom stereocenters. The van der Waals surface area contributed by atoms with E-state index in [0.717, 1.165) is 63.0 Å². The molecule has 1 fully saturated rings. The minimum atomic E-state index is 0. The first-order chi connectivity index (χ1) is 15.3. The number of rotatable bonds is 11. The Morgan fingerprint density at radius 3 is 2.56 bits per heavy atom. The first-order valence-corrected chi connectivity index (χ1v) is 10.9. The van der Waals surface area contributed by atoms with Crippen molar-refractivity contribution < 1.29 is 18.9 Å². The van der Waals surface area contributed by atoms with Crippen molar-refractivity contribution >= 4 is 29.9 Å². The van der Waals surface area contributed by atoms with E-state index >= 15 is 0 Å². The van der Waals surface area contributed by atoms with Gasteiger partial charge in [0.05, 0.1) is 26.4 Å². The smallest absolute Gasteiger partial charge is 0.191 e. The maximum Gasteiger partial charge on any atom is 0.191 e. The molecule has 2 aromatic rings. The van der Waals surface area contributed by atoms with Crippen molar-refractivity contribution in [3.8, 4) is 17.2 Å². The zero-order chi connectivity index (χ0) is 21.7. The third kappa shape index (κ3) is 8.84. The van der Waals surface area contributed by atoms with Crippen LogP contribution in [0.25, 0.3) is 0 Å². The summed E-state index contributed by atoms with van der Waals surface area (Å²) in [6, 6.07) is 15.5. The fourth-order valence-corrected chi connectivity index (χ4v) is 3.18. The van der Waals surface area contributed by atoms with Crippen molar-refractivity contribution in [2.45, 2.75) is 32.4 Å². The number of hydrogen-bond donors (Lipinski definition) is 2. The molecule has 1 atom stereocenters. The summed E-state index contributed by atoms with van der Waals surface area (Å²) in [4.78, 5) is 4.67. The van der Waals surface area contributed by atoms with E-state index in [4.69, 9.17) is 18.9 Å². The average molecular weight is 555 g/mol. The summed E-state index contributed by atoms with van der Waals surface area (Å²) in [5.74, 6) is 2.97. The molecule has 8 heteroatoms. The summed E-state index contributed by atoms with van der Waals surface area (Å²) in [5.41, 5.74) is 1.11. The number of methoxy groups -OCH3 is 1. The van der Waals surface area contributed by atoms with Gasteiger partial charge in [0.25, 0.3) is 0 Å². The van der Waals surface area contributed by atoms with Crippen LogP contribution in [-0.2, 0) is 16.0 Å². The molecule has 3 rings (SSSR count). The second kappa shape index (κ2) is 14.9. The molecule has 1 heterocycles. The number of halogens is 1. The Morgan fingerprint density at radius 2 is 1.88 bits per heavy atom. The highest BCUT2D eigenvalue weighted by atomic mass is 127. The molecule has 176 valence electrons. The summed E-state index contributed by atoms with van der Waals surface area (Å²) in [6.07, 6.45) is 2.19.